The van der Waals surface area contributed by atoms with Crippen molar-refractivity contribution >= 4 is 11.8 Å². The first-order valence-corrected chi connectivity index (χ1v) is 9.13. The van der Waals surface area contributed by atoms with Crippen molar-refractivity contribution in [2.75, 3.05) is 46.0 Å². The molecule has 2 amide bonds. The monoisotopic (exact) mass is 343 g/mol. The number of nitrogens with zero attached hydrogens (tertiary/aromatic N) is 3. The molecule has 1 aromatic rings. The first-order valence-electron chi connectivity index (χ1n) is 9.13. The van der Waals surface area contributed by atoms with Crippen LogP contribution in [0.5, 0.6) is 0 Å². The van der Waals surface area contributed by atoms with Crippen LogP contribution >= 0.6 is 0 Å². The number of fused-ring (bicyclic) bond motifs is 2. The Balaban J connectivity index is 1.46. The number of imide groups is 1. The SMILES string of the molecule is O=C1C[C@]2(CCc3ccccc32)C(=O)N1CN1CCN(CCO)CC1. The molecule has 0 aromatic heterocycles. The van der Waals surface area contributed by atoms with E-state index in [4.69, 9.17) is 5.11 Å². The van der Waals surface area contributed by atoms with E-state index in [1.165, 1.54) is 10.5 Å². The fourth-order valence-electron chi connectivity index (χ4n) is 4.53. The number of hydrogen-bond donors (Lipinski definition) is 1. The number of rotatable bonds is 4. The molecule has 25 heavy (non-hydrogen) atoms. The molecule has 0 unspecified atom stereocenters. The van der Waals surface area contributed by atoms with Crippen molar-refractivity contribution in [3.8, 4) is 0 Å². The number of aliphatic hydroxyl groups is 1. The van der Waals surface area contributed by atoms with Crippen molar-refractivity contribution in [3.63, 3.8) is 0 Å². The number of benzene rings is 1. The van der Waals surface area contributed by atoms with Crippen LogP contribution in [0.3, 0.4) is 0 Å². The normalized spacial score (nSPS) is 27.5. The van der Waals surface area contributed by atoms with Crippen LogP contribution in [0.25, 0.3) is 0 Å². The Kier molecular flexibility index (Phi) is 4.35. The summed E-state index contributed by atoms with van der Waals surface area (Å²) in [6.45, 7) is 4.63. The molecule has 134 valence electrons. The van der Waals surface area contributed by atoms with E-state index in [0.717, 1.165) is 44.6 Å². The molecule has 0 bridgehead atoms. The fourth-order valence-corrected chi connectivity index (χ4v) is 4.53. The number of likely N-dealkylation sites (tertiary alicyclic amines) is 1. The van der Waals surface area contributed by atoms with E-state index >= 15 is 0 Å². The molecule has 2 aliphatic heterocycles. The molecule has 0 radical (unpaired) electrons. The van der Waals surface area contributed by atoms with Crippen LogP contribution < -0.4 is 0 Å². The zero-order valence-electron chi connectivity index (χ0n) is 14.5. The van der Waals surface area contributed by atoms with Crippen LogP contribution in [0, 0.1) is 0 Å². The number of carbonyl (C=O) groups is 2. The smallest absolute Gasteiger partial charge is 0.241 e. The standard InChI is InChI=1S/C19H25N3O3/c23-12-11-20-7-9-21(10-8-20)14-22-17(24)13-19(18(22)25)6-5-15-3-1-2-4-16(15)19/h1-4,23H,5-14H2/t19-/m0/s1. The Morgan fingerprint density at radius 3 is 2.52 bits per heavy atom. The largest absolute Gasteiger partial charge is 0.395 e. The predicted octanol–water partition coefficient (Wildman–Crippen LogP) is 0.197. The lowest BCUT2D eigenvalue weighted by atomic mass is 9.80. The average Bonchev–Trinajstić information content (AvgIpc) is 3.11. The van der Waals surface area contributed by atoms with E-state index in [0.29, 0.717) is 19.6 Å². The number of carbonyl (C=O) groups excluding carboxylic acids is 2. The van der Waals surface area contributed by atoms with Crippen molar-refractivity contribution in [2.24, 2.45) is 0 Å². The first kappa shape index (κ1) is 16.7. The zero-order chi connectivity index (χ0) is 17.4. The molecule has 1 atom stereocenters. The Morgan fingerprint density at radius 2 is 1.76 bits per heavy atom. The fraction of sp³-hybridized carbons (Fsp3) is 0.579. The van der Waals surface area contributed by atoms with E-state index in [2.05, 4.69) is 15.9 Å². The van der Waals surface area contributed by atoms with Crippen LogP contribution in [-0.4, -0.2) is 77.6 Å². The third kappa shape index (κ3) is 2.78. The molecular formula is C19H25N3O3. The Morgan fingerprint density at radius 1 is 1.04 bits per heavy atom. The van der Waals surface area contributed by atoms with Crippen LogP contribution in [0.2, 0.25) is 0 Å². The van der Waals surface area contributed by atoms with Crippen LogP contribution in [-0.2, 0) is 21.4 Å². The molecule has 1 aliphatic carbocycles. The van der Waals surface area contributed by atoms with Crippen LogP contribution in [0.15, 0.2) is 24.3 Å². The van der Waals surface area contributed by atoms with E-state index in [-0.39, 0.29) is 18.4 Å². The van der Waals surface area contributed by atoms with Gasteiger partial charge >= 0.3 is 0 Å². The topological polar surface area (TPSA) is 64.1 Å². The third-order valence-corrected chi connectivity index (χ3v) is 5.99. The van der Waals surface area contributed by atoms with Crippen molar-refractivity contribution in [1.29, 1.82) is 0 Å². The third-order valence-electron chi connectivity index (χ3n) is 5.99. The predicted molar refractivity (Wildman–Crippen MR) is 92.9 cm³/mol. The van der Waals surface area contributed by atoms with E-state index in [9.17, 15) is 9.59 Å². The lowest BCUT2D eigenvalue weighted by Gasteiger charge is -2.36. The molecule has 2 heterocycles. The molecule has 1 spiro atoms. The lowest BCUT2D eigenvalue weighted by Crippen LogP contribution is -2.52. The summed E-state index contributed by atoms with van der Waals surface area (Å²) in [7, 11) is 0. The highest BCUT2D eigenvalue weighted by Gasteiger charge is 2.55. The van der Waals surface area contributed by atoms with E-state index in [1.807, 2.05) is 18.2 Å². The maximum atomic E-state index is 13.2. The summed E-state index contributed by atoms with van der Waals surface area (Å²) in [6, 6.07) is 8.06. The molecular weight excluding hydrogens is 318 g/mol. The molecule has 2 saturated heterocycles. The number of hydrogen-bond acceptors (Lipinski definition) is 5. The van der Waals surface area contributed by atoms with Gasteiger partial charge in [0.05, 0.1) is 18.7 Å². The van der Waals surface area contributed by atoms with Gasteiger partial charge in [0, 0.05) is 39.1 Å². The molecule has 1 aromatic carbocycles. The molecule has 0 saturated carbocycles. The molecule has 1 N–H and O–H groups in total. The minimum absolute atomic E-state index is 0.0137. The van der Waals surface area contributed by atoms with Crippen molar-refractivity contribution in [2.45, 2.75) is 24.7 Å². The number of piperazine rings is 1. The number of amides is 2. The Labute approximate surface area is 148 Å². The highest BCUT2D eigenvalue weighted by Crippen LogP contribution is 2.46. The summed E-state index contributed by atoms with van der Waals surface area (Å²) in [4.78, 5) is 31.7. The summed E-state index contributed by atoms with van der Waals surface area (Å²) in [5, 5.41) is 9.03. The molecule has 6 heteroatoms. The van der Waals surface area contributed by atoms with Gasteiger partial charge < -0.3 is 5.11 Å². The number of aliphatic hydroxyl groups excluding tert-OH is 1. The molecule has 4 rings (SSSR count). The second-order valence-electron chi connectivity index (χ2n) is 7.37. The minimum Gasteiger partial charge on any atom is -0.395 e. The first-order chi connectivity index (χ1) is 12.1. The van der Waals surface area contributed by atoms with Crippen LogP contribution in [0.4, 0.5) is 0 Å². The summed E-state index contributed by atoms with van der Waals surface area (Å²) in [6.07, 6.45) is 1.94. The van der Waals surface area contributed by atoms with Gasteiger partial charge in [-0.1, -0.05) is 24.3 Å². The van der Waals surface area contributed by atoms with E-state index in [1.54, 1.807) is 0 Å². The maximum Gasteiger partial charge on any atom is 0.241 e. The highest BCUT2D eigenvalue weighted by molar-refractivity contribution is 6.09. The maximum absolute atomic E-state index is 13.2. The van der Waals surface area contributed by atoms with Gasteiger partial charge in [0.25, 0.3) is 0 Å². The summed E-state index contributed by atoms with van der Waals surface area (Å²) in [5.74, 6) is -0.0558. The van der Waals surface area contributed by atoms with Gasteiger partial charge in [-0.15, -0.1) is 0 Å². The lowest BCUT2D eigenvalue weighted by molar-refractivity contribution is -0.142. The molecule has 3 aliphatic rings. The minimum atomic E-state index is -0.619. The van der Waals surface area contributed by atoms with Gasteiger partial charge in [-0.2, -0.15) is 0 Å². The van der Waals surface area contributed by atoms with Gasteiger partial charge in [0.1, 0.15) is 0 Å². The average molecular weight is 343 g/mol. The second kappa shape index (κ2) is 6.52. The quantitative estimate of drug-likeness (QED) is 0.791. The summed E-state index contributed by atoms with van der Waals surface area (Å²) < 4.78 is 0. The van der Waals surface area contributed by atoms with Gasteiger partial charge in [-0.05, 0) is 24.0 Å². The second-order valence-corrected chi connectivity index (χ2v) is 7.37. The van der Waals surface area contributed by atoms with Gasteiger partial charge in [-0.25, -0.2) is 0 Å². The van der Waals surface area contributed by atoms with Gasteiger partial charge in [-0.3, -0.25) is 24.3 Å². The van der Waals surface area contributed by atoms with Crippen molar-refractivity contribution in [3.05, 3.63) is 35.4 Å². The number of β-amino-alcohol motifs (C(OH)–C–C–N with tert-alkyl or cyclic N) is 1. The Hall–Kier alpha value is -1.76. The van der Waals surface area contributed by atoms with Crippen molar-refractivity contribution in [1.82, 2.24) is 14.7 Å². The van der Waals surface area contributed by atoms with E-state index < -0.39 is 5.41 Å². The molecule has 2 fully saturated rings. The Bertz CT molecular complexity index is 684. The summed E-state index contributed by atoms with van der Waals surface area (Å²) >= 11 is 0. The van der Waals surface area contributed by atoms with Crippen LogP contribution in [0.1, 0.15) is 24.0 Å². The van der Waals surface area contributed by atoms with Gasteiger partial charge in [0.15, 0.2) is 0 Å². The highest BCUT2D eigenvalue weighted by atomic mass is 16.3. The zero-order valence-corrected chi connectivity index (χ0v) is 14.5. The van der Waals surface area contributed by atoms with Gasteiger partial charge in [0.2, 0.25) is 11.8 Å². The van der Waals surface area contributed by atoms with Crippen molar-refractivity contribution < 1.29 is 14.7 Å². The summed E-state index contributed by atoms with van der Waals surface area (Å²) in [5.41, 5.74) is 1.65. The molecule has 6 nitrogen and oxygen atoms in total. The number of aryl methyl sites for hydroxylation is 1.